The maximum atomic E-state index is 14.4. The van der Waals surface area contributed by atoms with Gasteiger partial charge < -0.3 is 4.74 Å². The van der Waals surface area contributed by atoms with Gasteiger partial charge in [0.25, 0.3) is 5.56 Å². The predicted octanol–water partition coefficient (Wildman–Crippen LogP) is 6.30. The number of halogens is 2. The fourth-order valence-corrected chi connectivity index (χ4v) is 3.55. The Morgan fingerprint density at radius 1 is 1.26 bits per heavy atom. The number of nitrogens with zero attached hydrogens (tertiary/aromatic N) is 3. The normalized spacial score (nSPS) is 13.1. The second-order valence-corrected chi connectivity index (χ2v) is 7.92. The van der Waals surface area contributed by atoms with Crippen molar-refractivity contribution in [1.29, 1.82) is 0 Å². The third-order valence-corrected chi connectivity index (χ3v) is 5.58. The highest BCUT2D eigenvalue weighted by Crippen LogP contribution is 2.40. The molecule has 0 unspecified atom stereocenters. The molecule has 0 amide bonds. The number of unbranched alkanes of at least 4 members (excludes halogenated alkanes) is 1. The van der Waals surface area contributed by atoms with Crippen molar-refractivity contribution in [3.63, 3.8) is 0 Å². The van der Waals surface area contributed by atoms with Gasteiger partial charge in [0.2, 0.25) is 11.6 Å². The zero-order valence-electron chi connectivity index (χ0n) is 17.1. The fraction of sp³-hybridized carbons (Fsp3) is 0.292. The van der Waals surface area contributed by atoms with Gasteiger partial charge >= 0.3 is 0 Å². The first-order valence-corrected chi connectivity index (χ1v) is 10.6. The number of rotatable bonds is 7. The minimum atomic E-state index is -0.680. The maximum absolute atomic E-state index is 14.4. The van der Waals surface area contributed by atoms with Gasteiger partial charge in [0.15, 0.2) is 10.8 Å². The number of benzene rings is 2. The van der Waals surface area contributed by atoms with Crippen LogP contribution in [-0.2, 0) is 0 Å². The molecule has 0 saturated heterocycles. The Morgan fingerprint density at radius 2 is 2.00 bits per heavy atom. The van der Waals surface area contributed by atoms with Crippen LogP contribution in [0.1, 0.15) is 44.1 Å². The Bertz CT molecular complexity index is 1210. The lowest BCUT2D eigenvalue weighted by Gasteiger charge is -2.16. The van der Waals surface area contributed by atoms with Gasteiger partial charge in [0.1, 0.15) is 5.82 Å². The van der Waals surface area contributed by atoms with Crippen LogP contribution >= 0.6 is 11.6 Å². The first-order chi connectivity index (χ1) is 15.0. The van der Waals surface area contributed by atoms with Crippen LogP contribution in [0.4, 0.5) is 10.1 Å². The summed E-state index contributed by atoms with van der Waals surface area (Å²) >= 11 is 6.32. The van der Waals surface area contributed by atoms with Crippen molar-refractivity contribution in [3.8, 4) is 23.0 Å². The number of hydrogen-bond acceptors (Lipinski definition) is 3. The topological polar surface area (TPSA) is 48.5 Å². The molecule has 0 atom stereocenters. The summed E-state index contributed by atoms with van der Waals surface area (Å²) in [5, 5.41) is -0.121. The van der Waals surface area contributed by atoms with Crippen LogP contribution in [-0.4, -0.2) is 16.2 Å². The average Bonchev–Trinajstić information content (AvgIpc) is 3.62. The van der Waals surface area contributed by atoms with Crippen LogP contribution < -0.4 is 10.3 Å². The van der Waals surface area contributed by atoms with E-state index in [2.05, 4.69) is 9.83 Å². The SMILES string of the molecule is [C-]#[N+]c1ccc(-c2nc(OCCCC)c(Cl)c(=O)n2-c2ccc(C3CC3)cc2)cc1F. The van der Waals surface area contributed by atoms with Gasteiger partial charge in [-0.15, -0.1) is 0 Å². The molecule has 1 aromatic heterocycles. The van der Waals surface area contributed by atoms with Crippen molar-refractivity contribution in [3.05, 3.63) is 80.6 Å². The van der Waals surface area contributed by atoms with Crippen molar-refractivity contribution < 1.29 is 9.13 Å². The van der Waals surface area contributed by atoms with Crippen LogP contribution in [0.25, 0.3) is 21.9 Å². The van der Waals surface area contributed by atoms with Crippen LogP contribution in [0, 0.1) is 12.4 Å². The van der Waals surface area contributed by atoms with E-state index in [1.165, 1.54) is 35.1 Å². The quantitative estimate of drug-likeness (QED) is 0.322. The molecule has 3 aromatic rings. The molecule has 2 aromatic carbocycles. The molecule has 0 bridgehead atoms. The Kier molecular flexibility index (Phi) is 6.06. The summed E-state index contributed by atoms with van der Waals surface area (Å²) in [5.74, 6) is 0.128. The van der Waals surface area contributed by atoms with E-state index in [0.29, 0.717) is 23.8 Å². The van der Waals surface area contributed by atoms with Crippen LogP contribution in [0.15, 0.2) is 47.3 Å². The third-order valence-electron chi connectivity index (χ3n) is 5.26. The van der Waals surface area contributed by atoms with Crippen LogP contribution in [0.5, 0.6) is 5.88 Å². The summed E-state index contributed by atoms with van der Waals surface area (Å²) in [5.41, 5.74) is 1.56. The van der Waals surface area contributed by atoms with Gasteiger partial charge in [-0.1, -0.05) is 49.2 Å². The number of aromatic nitrogens is 2. The highest BCUT2D eigenvalue weighted by Gasteiger charge is 2.24. The zero-order chi connectivity index (χ0) is 22.0. The van der Waals surface area contributed by atoms with E-state index < -0.39 is 11.4 Å². The summed E-state index contributed by atoms with van der Waals surface area (Å²) in [6.07, 6.45) is 4.05. The van der Waals surface area contributed by atoms with E-state index in [9.17, 15) is 9.18 Å². The zero-order valence-corrected chi connectivity index (χ0v) is 17.8. The maximum Gasteiger partial charge on any atom is 0.281 e. The van der Waals surface area contributed by atoms with E-state index in [-0.39, 0.29) is 22.4 Å². The first kappa shape index (κ1) is 21.1. The van der Waals surface area contributed by atoms with Gasteiger partial charge in [0, 0.05) is 5.56 Å². The lowest BCUT2D eigenvalue weighted by molar-refractivity contribution is 0.297. The first-order valence-electron chi connectivity index (χ1n) is 10.3. The number of ether oxygens (including phenoxy) is 1. The van der Waals surface area contributed by atoms with Gasteiger partial charge in [0.05, 0.1) is 18.9 Å². The summed E-state index contributed by atoms with van der Waals surface area (Å²) < 4.78 is 21.4. The molecule has 1 aliphatic carbocycles. The molecule has 1 heterocycles. The predicted molar refractivity (Wildman–Crippen MR) is 119 cm³/mol. The van der Waals surface area contributed by atoms with Gasteiger partial charge in [-0.3, -0.25) is 9.36 Å². The van der Waals surface area contributed by atoms with Crippen LogP contribution in [0.3, 0.4) is 0 Å². The molecule has 0 spiro atoms. The van der Waals surface area contributed by atoms with Gasteiger partial charge in [-0.25, -0.2) is 9.24 Å². The van der Waals surface area contributed by atoms with Gasteiger partial charge in [-0.05, 0) is 48.9 Å². The molecule has 4 rings (SSSR count). The molecule has 31 heavy (non-hydrogen) atoms. The smallest absolute Gasteiger partial charge is 0.281 e. The Morgan fingerprint density at radius 3 is 2.61 bits per heavy atom. The Hall–Kier alpha value is -3.17. The second-order valence-electron chi connectivity index (χ2n) is 7.54. The molecule has 5 nitrogen and oxygen atoms in total. The Labute approximate surface area is 184 Å². The van der Waals surface area contributed by atoms with E-state index >= 15 is 0 Å². The van der Waals surface area contributed by atoms with Crippen molar-refractivity contribution in [2.24, 2.45) is 0 Å². The summed E-state index contributed by atoms with van der Waals surface area (Å²) in [6.45, 7) is 9.45. The fourth-order valence-electron chi connectivity index (χ4n) is 3.37. The molecule has 158 valence electrons. The lowest BCUT2D eigenvalue weighted by Crippen LogP contribution is -2.23. The minimum absolute atomic E-state index is 0.0237. The molecule has 7 heteroatoms. The molecule has 1 saturated carbocycles. The molecular formula is C24H21ClFN3O2. The van der Waals surface area contributed by atoms with Crippen LogP contribution in [0.2, 0.25) is 5.02 Å². The van der Waals surface area contributed by atoms with E-state index in [0.717, 1.165) is 12.8 Å². The van der Waals surface area contributed by atoms with Crippen molar-refractivity contribution >= 4 is 17.3 Å². The average molecular weight is 438 g/mol. The Balaban J connectivity index is 1.87. The molecular weight excluding hydrogens is 417 g/mol. The lowest BCUT2D eigenvalue weighted by atomic mass is 10.1. The van der Waals surface area contributed by atoms with E-state index in [4.69, 9.17) is 22.9 Å². The summed E-state index contributed by atoms with van der Waals surface area (Å²) in [6, 6.07) is 11.8. The van der Waals surface area contributed by atoms with E-state index in [1.807, 2.05) is 31.2 Å². The van der Waals surface area contributed by atoms with Crippen molar-refractivity contribution in [2.75, 3.05) is 6.61 Å². The molecule has 1 fully saturated rings. The number of hydrogen-bond donors (Lipinski definition) is 0. The minimum Gasteiger partial charge on any atom is -0.476 e. The van der Waals surface area contributed by atoms with Crippen molar-refractivity contribution in [1.82, 2.24) is 9.55 Å². The molecule has 0 radical (unpaired) electrons. The van der Waals surface area contributed by atoms with Crippen molar-refractivity contribution in [2.45, 2.75) is 38.5 Å². The molecule has 1 aliphatic rings. The van der Waals surface area contributed by atoms with Gasteiger partial charge in [-0.2, -0.15) is 4.98 Å². The monoisotopic (exact) mass is 437 g/mol. The van der Waals surface area contributed by atoms with E-state index in [1.54, 1.807) is 6.07 Å². The highest BCUT2D eigenvalue weighted by molar-refractivity contribution is 6.31. The summed E-state index contributed by atoms with van der Waals surface area (Å²) in [7, 11) is 0. The standard InChI is InChI=1S/C24H21ClFN3O2/c1-3-4-13-31-23-21(25)24(30)29(18-10-7-16(8-11-18)15-5-6-15)22(28-23)17-9-12-20(27-2)19(26)14-17/h7-12,14-15H,3-6,13H2,1H3. The molecule has 0 aliphatic heterocycles. The highest BCUT2D eigenvalue weighted by atomic mass is 35.5. The second kappa shape index (κ2) is 8.91. The molecule has 0 N–H and O–H groups in total. The third kappa shape index (κ3) is 4.33. The summed E-state index contributed by atoms with van der Waals surface area (Å²) in [4.78, 5) is 20.9. The largest absolute Gasteiger partial charge is 0.476 e.